The molecule has 0 aromatic carbocycles. The minimum atomic E-state index is -3.40. The molecule has 0 amide bonds. The first-order valence-electron chi connectivity index (χ1n) is 5.03. The van der Waals surface area contributed by atoms with Gasteiger partial charge >= 0.3 is 5.69 Å². The molecule has 100 valence electrons. The fraction of sp³-hybridized carbons (Fsp3) is 0.556. The highest BCUT2D eigenvalue weighted by atomic mass is 19.3. The Morgan fingerprint density at radius 2 is 2.33 bits per heavy atom. The summed E-state index contributed by atoms with van der Waals surface area (Å²) in [6.45, 7) is -0.619. The van der Waals surface area contributed by atoms with Gasteiger partial charge in [-0.05, 0) is 0 Å². The number of hydrogen-bond donors (Lipinski definition) is 2. The number of nitrogens with zero attached hydrogens (tertiary/aromatic N) is 2. The van der Waals surface area contributed by atoms with Crippen molar-refractivity contribution in [2.75, 3.05) is 12.3 Å². The number of aliphatic hydroxyl groups excluding tert-OH is 1. The molecule has 6 nitrogen and oxygen atoms in total. The minimum Gasteiger partial charge on any atom is -0.394 e. The van der Waals surface area contributed by atoms with Gasteiger partial charge in [-0.25, -0.2) is 18.0 Å². The van der Waals surface area contributed by atoms with Crippen LogP contribution >= 0.6 is 0 Å². The monoisotopic (exact) mass is 265 g/mol. The lowest BCUT2D eigenvalue weighted by Gasteiger charge is -2.19. The SMILES string of the molecule is Nc1nc(=O)n([C@@H]2O[C@@H](CO)CC2(F)F)cc1F. The maximum atomic E-state index is 13.6. The second kappa shape index (κ2) is 4.25. The Hall–Kier alpha value is -1.61. The predicted molar refractivity (Wildman–Crippen MR) is 53.4 cm³/mol. The zero-order valence-corrected chi connectivity index (χ0v) is 9.02. The summed E-state index contributed by atoms with van der Waals surface area (Å²) in [6, 6.07) is 0. The van der Waals surface area contributed by atoms with E-state index in [1.165, 1.54) is 0 Å². The number of nitrogen functional groups attached to an aromatic ring is 1. The van der Waals surface area contributed by atoms with Crippen molar-refractivity contribution >= 4 is 5.82 Å². The van der Waals surface area contributed by atoms with Gasteiger partial charge in [0.05, 0.1) is 18.9 Å². The summed E-state index contributed by atoms with van der Waals surface area (Å²) in [5.74, 6) is -5.17. The lowest BCUT2D eigenvalue weighted by Crippen LogP contribution is -2.35. The molecule has 1 aromatic rings. The topological polar surface area (TPSA) is 90.4 Å². The Morgan fingerprint density at radius 1 is 1.67 bits per heavy atom. The molecule has 0 saturated carbocycles. The van der Waals surface area contributed by atoms with E-state index in [-0.39, 0.29) is 0 Å². The van der Waals surface area contributed by atoms with E-state index in [4.69, 9.17) is 15.6 Å². The fourth-order valence-electron chi connectivity index (χ4n) is 1.74. The van der Waals surface area contributed by atoms with E-state index in [2.05, 4.69) is 4.98 Å². The molecule has 3 N–H and O–H groups in total. The third-order valence-corrected chi connectivity index (χ3v) is 2.57. The first-order chi connectivity index (χ1) is 8.35. The number of hydrogen-bond acceptors (Lipinski definition) is 5. The van der Waals surface area contributed by atoms with Crippen molar-refractivity contribution in [1.82, 2.24) is 9.55 Å². The highest BCUT2D eigenvalue weighted by molar-refractivity contribution is 5.26. The summed E-state index contributed by atoms with van der Waals surface area (Å²) < 4.78 is 45.4. The van der Waals surface area contributed by atoms with Gasteiger partial charge in [-0.3, -0.25) is 4.57 Å². The van der Waals surface area contributed by atoms with Crippen LogP contribution in [0.4, 0.5) is 19.0 Å². The molecule has 18 heavy (non-hydrogen) atoms. The van der Waals surface area contributed by atoms with Crippen LogP contribution in [0, 0.1) is 5.82 Å². The van der Waals surface area contributed by atoms with Crippen LogP contribution in [0.5, 0.6) is 0 Å². The van der Waals surface area contributed by atoms with Crippen LogP contribution in [0.3, 0.4) is 0 Å². The van der Waals surface area contributed by atoms with E-state index in [0.717, 1.165) is 0 Å². The van der Waals surface area contributed by atoms with E-state index < -0.39 is 48.6 Å². The molecule has 0 aliphatic carbocycles. The van der Waals surface area contributed by atoms with Crippen LogP contribution in [0.1, 0.15) is 12.6 Å². The highest BCUT2D eigenvalue weighted by Crippen LogP contribution is 2.41. The average molecular weight is 265 g/mol. The summed E-state index contributed by atoms with van der Waals surface area (Å²) in [7, 11) is 0. The molecule has 1 aliphatic heterocycles. The lowest BCUT2D eigenvalue weighted by molar-refractivity contribution is -0.120. The van der Waals surface area contributed by atoms with E-state index in [0.29, 0.717) is 10.8 Å². The molecular formula is C9H10F3N3O3. The molecule has 1 fully saturated rings. The number of halogens is 3. The summed E-state index contributed by atoms with van der Waals surface area (Å²) in [6.07, 6.45) is -3.35. The largest absolute Gasteiger partial charge is 0.394 e. The van der Waals surface area contributed by atoms with Gasteiger partial charge in [0.15, 0.2) is 11.6 Å². The van der Waals surface area contributed by atoms with E-state index >= 15 is 0 Å². The van der Waals surface area contributed by atoms with Gasteiger partial charge in [0.2, 0.25) is 6.23 Å². The molecule has 2 rings (SSSR count). The first-order valence-corrected chi connectivity index (χ1v) is 5.03. The van der Waals surface area contributed by atoms with Crippen molar-refractivity contribution in [2.24, 2.45) is 0 Å². The number of ether oxygens (including phenoxy) is 1. The van der Waals surface area contributed by atoms with Gasteiger partial charge in [-0.1, -0.05) is 0 Å². The van der Waals surface area contributed by atoms with Crippen LogP contribution in [-0.4, -0.2) is 33.3 Å². The summed E-state index contributed by atoms with van der Waals surface area (Å²) in [5.41, 5.74) is 3.90. The van der Waals surface area contributed by atoms with Crippen molar-refractivity contribution in [3.8, 4) is 0 Å². The molecule has 0 unspecified atom stereocenters. The van der Waals surface area contributed by atoms with Crippen molar-refractivity contribution in [3.63, 3.8) is 0 Å². The van der Waals surface area contributed by atoms with Crippen molar-refractivity contribution in [1.29, 1.82) is 0 Å². The molecule has 0 bridgehead atoms. The maximum Gasteiger partial charge on any atom is 0.352 e. The molecule has 2 atom stereocenters. The van der Waals surface area contributed by atoms with Gasteiger partial charge in [-0.15, -0.1) is 0 Å². The quantitative estimate of drug-likeness (QED) is 0.778. The Kier molecular flexibility index (Phi) is 3.03. The third-order valence-electron chi connectivity index (χ3n) is 2.57. The van der Waals surface area contributed by atoms with Crippen LogP contribution in [0.15, 0.2) is 11.0 Å². The zero-order valence-electron chi connectivity index (χ0n) is 9.02. The minimum absolute atomic E-state index is 0.335. The van der Waals surface area contributed by atoms with Crippen molar-refractivity contribution in [3.05, 3.63) is 22.5 Å². The van der Waals surface area contributed by atoms with Crippen LogP contribution in [0.25, 0.3) is 0 Å². The Balaban J connectivity index is 2.43. The molecule has 1 aromatic heterocycles. The zero-order chi connectivity index (χ0) is 13.5. The standard InChI is InChI=1S/C9H10F3N3O3/c10-5-2-15(8(17)14-6(5)13)7-9(11,12)1-4(3-16)18-7/h2,4,7,16H,1,3H2,(H2,13,14,17)/t4-,7-/m1/s1. The Morgan fingerprint density at radius 3 is 2.89 bits per heavy atom. The van der Waals surface area contributed by atoms with Crippen molar-refractivity contribution < 1.29 is 23.0 Å². The van der Waals surface area contributed by atoms with Crippen LogP contribution in [0.2, 0.25) is 0 Å². The molecular weight excluding hydrogens is 255 g/mol. The average Bonchev–Trinajstić information content (AvgIpc) is 2.59. The van der Waals surface area contributed by atoms with Gasteiger partial charge in [0.1, 0.15) is 0 Å². The van der Waals surface area contributed by atoms with Gasteiger partial charge < -0.3 is 15.6 Å². The lowest BCUT2D eigenvalue weighted by atomic mass is 10.2. The number of aromatic nitrogens is 2. The normalized spacial score (nSPS) is 26.4. The molecule has 1 saturated heterocycles. The second-order valence-corrected chi connectivity index (χ2v) is 3.92. The smallest absolute Gasteiger partial charge is 0.352 e. The summed E-state index contributed by atoms with van der Waals surface area (Å²) in [4.78, 5) is 14.5. The van der Waals surface area contributed by atoms with Crippen LogP contribution in [-0.2, 0) is 4.74 Å². The number of aliphatic hydroxyl groups is 1. The number of anilines is 1. The third kappa shape index (κ3) is 2.06. The number of rotatable bonds is 2. The molecule has 1 aliphatic rings. The predicted octanol–water partition coefficient (Wildman–Crippen LogP) is -0.120. The number of alkyl halides is 2. The van der Waals surface area contributed by atoms with E-state index in [9.17, 15) is 18.0 Å². The summed E-state index contributed by atoms with van der Waals surface area (Å²) in [5, 5.41) is 8.78. The summed E-state index contributed by atoms with van der Waals surface area (Å²) >= 11 is 0. The van der Waals surface area contributed by atoms with E-state index in [1.54, 1.807) is 0 Å². The van der Waals surface area contributed by atoms with Crippen LogP contribution < -0.4 is 11.4 Å². The van der Waals surface area contributed by atoms with Gasteiger partial charge in [-0.2, -0.15) is 4.98 Å². The molecule has 9 heteroatoms. The first kappa shape index (κ1) is 12.8. The Bertz CT molecular complexity index is 520. The van der Waals surface area contributed by atoms with Gasteiger partial charge in [0, 0.05) is 6.42 Å². The van der Waals surface area contributed by atoms with Crippen molar-refractivity contribution in [2.45, 2.75) is 24.7 Å². The fourth-order valence-corrected chi connectivity index (χ4v) is 1.74. The molecule has 0 radical (unpaired) electrons. The van der Waals surface area contributed by atoms with Gasteiger partial charge in [0.25, 0.3) is 5.92 Å². The van der Waals surface area contributed by atoms with E-state index in [1.807, 2.05) is 0 Å². The highest BCUT2D eigenvalue weighted by Gasteiger charge is 2.51. The second-order valence-electron chi connectivity index (χ2n) is 3.92. The molecule has 0 spiro atoms. The Labute approximate surface area is 98.8 Å². The number of nitrogens with two attached hydrogens (primary N) is 1. The molecule has 2 heterocycles. The maximum absolute atomic E-state index is 13.6.